The Bertz CT molecular complexity index is 1150. The third kappa shape index (κ3) is 6.55. The number of amides is 2. The van der Waals surface area contributed by atoms with Gasteiger partial charge in [0.05, 0.1) is 17.8 Å². The van der Waals surface area contributed by atoms with E-state index in [9.17, 15) is 18.8 Å². The number of benzene rings is 2. The van der Waals surface area contributed by atoms with Gasteiger partial charge in [-0.05, 0) is 69.4 Å². The molecule has 1 fully saturated rings. The summed E-state index contributed by atoms with van der Waals surface area (Å²) in [6.45, 7) is 5.38. The predicted molar refractivity (Wildman–Crippen MR) is 135 cm³/mol. The fraction of sp³-hybridized carbons (Fsp3) is 0.423. The van der Waals surface area contributed by atoms with Gasteiger partial charge in [-0.25, -0.2) is 9.18 Å². The summed E-state index contributed by atoms with van der Waals surface area (Å²) in [6.07, 6.45) is 1.55. The molecule has 1 atom stereocenters. The number of carbonyl (C=O) groups excluding carboxylic acids is 3. The summed E-state index contributed by atoms with van der Waals surface area (Å²) < 4.78 is 20.3. The van der Waals surface area contributed by atoms with Gasteiger partial charge in [-0.15, -0.1) is 11.8 Å². The van der Waals surface area contributed by atoms with Gasteiger partial charge < -0.3 is 15.0 Å². The number of carbonyl (C=O) groups is 3. The maximum absolute atomic E-state index is 15.0. The Morgan fingerprint density at radius 2 is 1.89 bits per heavy atom. The molecular weight excluding hydrogens is 491 g/mol. The molecule has 1 N–H and O–H groups in total. The highest BCUT2D eigenvalue weighted by Crippen LogP contribution is 2.39. The van der Waals surface area contributed by atoms with Gasteiger partial charge in [0.2, 0.25) is 0 Å². The molecule has 2 aliphatic rings. The highest BCUT2D eigenvalue weighted by molar-refractivity contribution is 7.99. The van der Waals surface area contributed by atoms with Crippen molar-refractivity contribution in [2.24, 2.45) is 5.92 Å². The Hall–Kier alpha value is -2.58. The van der Waals surface area contributed by atoms with Crippen LogP contribution in [0, 0.1) is 11.7 Å². The molecule has 0 radical (unpaired) electrons. The van der Waals surface area contributed by atoms with E-state index >= 15 is 0 Å². The fourth-order valence-corrected chi connectivity index (χ4v) is 5.02. The minimum absolute atomic E-state index is 0.0105. The van der Waals surface area contributed by atoms with E-state index < -0.39 is 23.6 Å². The lowest BCUT2D eigenvalue weighted by atomic mass is 10.0. The van der Waals surface area contributed by atoms with Crippen molar-refractivity contribution in [3.05, 3.63) is 58.4 Å². The number of fused-ring (bicyclic) bond motifs is 1. The average molecular weight is 519 g/mol. The maximum atomic E-state index is 15.0. The van der Waals surface area contributed by atoms with Crippen LogP contribution in [0.4, 0.5) is 14.9 Å². The van der Waals surface area contributed by atoms with Crippen LogP contribution in [0.3, 0.4) is 0 Å². The van der Waals surface area contributed by atoms with E-state index in [-0.39, 0.29) is 29.6 Å². The van der Waals surface area contributed by atoms with Crippen molar-refractivity contribution in [2.75, 3.05) is 10.7 Å². The van der Waals surface area contributed by atoms with Crippen LogP contribution in [0.15, 0.2) is 41.3 Å². The summed E-state index contributed by atoms with van der Waals surface area (Å²) >= 11 is 7.27. The van der Waals surface area contributed by atoms with Crippen molar-refractivity contribution in [1.82, 2.24) is 5.32 Å². The van der Waals surface area contributed by atoms with E-state index in [0.29, 0.717) is 27.9 Å². The molecule has 35 heavy (non-hydrogen) atoms. The first-order chi connectivity index (χ1) is 16.5. The van der Waals surface area contributed by atoms with Crippen molar-refractivity contribution in [3.8, 4) is 0 Å². The van der Waals surface area contributed by atoms with E-state index in [0.717, 1.165) is 18.4 Å². The Balaban J connectivity index is 1.68. The second-order valence-corrected chi connectivity index (χ2v) is 11.4. The van der Waals surface area contributed by atoms with Crippen molar-refractivity contribution in [3.63, 3.8) is 0 Å². The normalized spacial score (nSPS) is 18.0. The second-order valence-electron chi connectivity index (χ2n) is 9.93. The number of alkyl carbamates (subject to hydrolysis) is 1. The number of nitrogens with one attached hydrogen (secondary N) is 1. The van der Waals surface area contributed by atoms with Gasteiger partial charge in [-0.1, -0.05) is 23.7 Å². The molecule has 0 unspecified atom stereocenters. The number of ketones is 1. The van der Waals surface area contributed by atoms with E-state index in [1.807, 2.05) is 0 Å². The number of ether oxygens (including phenoxy) is 1. The number of rotatable bonds is 6. The van der Waals surface area contributed by atoms with Crippen LogP contribution in [-0.4, -0.2) is 35.2 Å². The first-order valence-corrected chi connectivity index (χ1v) is 12.9. The van der Waals surface area contributed by atoms with Crippen molar-refractivity contribution in [1.29, 1.82) is 0 Å². The molecule has 2 aromatic carbocycles. The van der Waals surface area contributed by atoms with Gasteiger partial charge in [0.1, 0.15) is 17.5 Å². The molecule has 1 aliphatic carbocycles. The highest BCUT2D eigenvalue weighted by atomic mass is 35.5. The molecule has 6 nitrogen and oxygen atoms in total. The zero-order valence-electron chi connectivity index (χ0n) is 19.9. The number of hydrogen-bond acceptors (Lipinski definition) is 5. The second kappa shape index (κ2) is 10.2. The van der Waals surface area contributed by atoms with Crippen LogP contribution >= 0.6 is 23.4 Å². The molecule has 186 valence electrons. The summed E-state index contributed by atoms with van der Waals surface area (Å²) in [6, 6.07) is 8.94. The van der Waals surface area contributed by atoms with Crippen molar-refractivity contribution in [2.45, 2.75) is 63.1 Å². The van der Waals surface area contributed by atoms with Crippen LogP contribution < -0.4 is 10.2 Å². The first-order valence-electron chi connectivity index (χ1n) is 11.5. The molecule has 4 rings (SSSR count). The van der Waals surface area contributed by atoms with Crippen molar-refractivity contribution >= 4 is 46.8 Å². The largest absolute Gasteiger partial charge is 0.444 e. The van der Waals surface area contributed by atoms with Gasteiger partial charge in [-0.2, -0.15) is 0 Å². The number of nitrogens with zero attached hydrogens (tertiary/aromatic N) is 1. The molecule has 0 aromatic heterocycles. The summed E-state index contributed by atoms with van der Waals surface area (Å²) in [4.78, 5) is 40.9. The quantitative estimate of drug-likeness (QED) is 0.475. The molecule has 1 heterocycles. The van der Waals surface area contributed by atoms with Gasteiger partial charge in [-0.3, -0.25) is 9.59 Å². The smallest absolute Gasteiger partial charge is 0.408 e. The molecular formula is C26H28ClFN2O4S. The maximum Gasteiger partial charge on any atom is 0.408 e. The number of halogens is 2. The van der Waals surface area contributed by atoms with E-state index in [1.54, 1.807) is 45.0 Å². The molecule has 9 heteroatoms. The van der Waals surface area contributed by atoms with E-state index in [4.69, 9.17) is 16.3 Å². The number of Topliss-reactive ketones (excluding diaryl/α,β-unsaturated/α-hetero) is 1. The Morgan fingerprint density at radius 1 is 1.20 bits per heavy atom. The molecule has 0 spiro atoms. The molecule has 2 amide bonds. The SMILES string of the molecule is CC(C)(C)OC(=O)N[C@H]1CSc2cc(F)c(C(=O)CC3CC3)cc2N(Cc2ccc(Cl)cc2)C1=O. The van der Waals surface area contributed by atoms with Gasteiger partial charge >= 0.3 is 6.09 Å². The Labute approximate surface area is 213 Å². The lowest BCUT2D eigenvalue weighted by Gasteiger charge is -2.27. The third-order valence-corrected chi connectivity index (χ3v) is 7.12. The molecule has 0 bridgehead atoms. The third-order valence-electron chi connectivity index (χ3n) is 5.73. The zero-order valence-corrected chi connectivity index (χ0v) is 21.5. The first kappa shape index (κ1) is 25.5. The Kier molecular flexibility index (Phi) is 7.43. The van der Waals surface area contributed by atoms with Gasteiger partial charge in [0, 0.05) is 22.1 Å². The van der Waals surface area contributed by atoms with Gasteiger partial charge in [0.15, 0.2) is 5.78 Å². The minimum atomic E-state index is -0.900. The minimum Gasteiger partial charge on any atom is -0.444 e. The van der Waals surface area contributed by atoms with Crippen LogP contribution in [0.2, 0.25) is 5.02 Å². The van der Waals surface area contributed by atoms with Crippen LogP contribution in [-0.2, 0) is 16.1 Å². The van der Waals surface area contributed by atoms with Gasteiger partial charge in [0.25, 0.3) is 5.91 Å². The fourth-order valence-electron chi connectivity index (χ4n) is 3.82. The predicted octanol–water partition coefficient (Wildman–Crippen LogP) is 5.99. The molecule has 1 saturated carbocycles. The van der Waals surface area contributed by atoms with Crippen LogP contribution in [0.25, 0.3) is 0 Å². The van der Waals surface area contributed by atoms with E-state index in [1.165, 1.54) is 28.8 Å². The lowest BCUT2D eigenvalue weighted by molar-refractivity contribution is -0.120. The number of hydrogen-bond donors (Lipinski definition) is 1. The number of anilines is 1. The molecule has 1 aliphatic heterocycles. The van der Waals surface area contributed by atoms with Crippen LogP contribution in [0.1, 0.15) is 56.0 Å². The molecule has 0 saturated heterocycles. The Morgan fingerprint density at radius 3 is 2.51 bits per heavy atom. The summed E-state index contributed by atoms with van der Waals surface area (Å²) in [5.41, 5.74) is 0.510. The number of thioether (sulfide) groups is 1. The summed E-state index contributed by atoms with van der Waals surface area (Å²) in [7, 11) is 0. The van der Waals surface area contributed by atoms with Crippen molar-refractivity contribution < 1.29 is 23.5 Å². The lowest BCUT2D eigenvalue weighted by Crippen LogP contribution is -2.50. The monoisotopic (exact) mass is 518 g/mol. The standard InChI is InChI=1S/C26H28ClFN2O4S/c1-26(2,3)34-25(33)29-20-14-35-23-12-19(28)18(22(31)10-15-4-5-15)11-21(23)30(24(20)32)13-16-6-8-17(27)9-7-16/h6-9,11-12,15,20H,4-5,10,13-14H2,1-3H3,(H,29,33)/t20-/m0/s1. The molecule has 2 aromatic rings. The summed E-state index contributed by atoms with van der Waals surface area (Å²) in [5, 5.41) is 3.22. The zero-order chi connectivity index (χ0) is 25.3. The highest BCUT2D eigenvalue weighted by Gasteiger charge is 2.35. The van der Waals surface area contributed by atoms with E-state index in [2.05, 4.69) is 5.32 Å². The van der Waals surface area contributed by atoms with Crippen LogP contribution in [0.5, 0.6) is 0 Å². The topological polar surface area (TPSA) is 75.7 Å². The average Bonchev–Trinajstić information content (AvgIpc) is 3.59. The summed E-state index contributed by atoms with van der Waals surface area (Å²) in [5.74, 6) is -0.728.